The Morgan fingerprint density at radius 1 is 1.11 bits per heavy atom. The van der Waals surface area contributed by atoms with Crippen LogP contribution < -0.4 is 10.2 Å². The molecule has 0 saturated heterocycles. The second-order valence-electron chi connectivity index (χ2n) is 7.22. The number of amides is 1. The second-order valence-corrected chi connectivity index (χ2v) is 9.37. The molecule has 0 heterocycles. The van der Waals surface area contributed by atoms with Crippen LogP contribution in [0.15, 0.2) is 53.4 Å². The molecule has 0 radical (unpaired) electrons. The zero-order chi connectivity index (χ0) is 20.9. The van der Waals surface area contributed by atoms with E-state index in [1.165, 1.54) is 37.4 Å². The molecule has 0 fully saturated rings. The topological polar surface area (TPSA) is 70.9 Å². The fourth-order valence-corrected chi connectivity index (χ4v) is 3.74. The van der Waals surface area contributed by atoms with Crippen LogP contribution in [0.5, 0.6) is 0 Å². The summed E-state index contributed by atoms with van der Waals surface area (Å²) >= 11 is 0. The highest BCUT2D eigenvalue weighted by Gasteiger charge is 2.23. The molecule has 6 nitrogen and oxygen atoms in total. The first-order chi connectivity index (χ1) is 13.1. The Hall–Kier alpha value is -2.22. The molecule has 1 unspecified atom stereocenters. The number of aryl methyl sites for hydroxylation is 1. The summed E-state index contributed by atoms with van der Waals surface area (Å²) in [7, 11) is 1.40. The molecule has 28 heavy (non-hydrogen) atoms. The number of quaternary nitrogens is 1. The number of sulfonamides is 1. The highest BCUT2D eigenvalue weighted by atomic mass is 32.2. The predicted molar refractivity (Wildman–Crippen MR) is 112 cm³/mol. The van der Waals surface area contributed by atoms with E-state index in [4.69, 9.17) is 0 Å². The quantitative estimate of drug-likeness (QED) is 0.701. The minimum absolute atomic E-state index is 0.151. The lowest BCUT2D eigenvalue weighted by atomic mass is 10.1. The summed E-state index contributed by atoms with van der Waals surface area (Å²) in [6.07, 6.45) is 1.00. The Bertz CT molecular complexity index is 909. The SMILES string of the molecule is CCc1ccc(C[NH+](C)[C@@H](C)C(=O)Nc2cccc(S(=O)(=O)N(C)C)c2)cc1. The molecule has 152 valence electrons. The lowest BCUT2D eigenvalue weighted by Crippen LogP contribution is -3.12. The smallest absolute Gasteiger partial charge is 0.282 e. The van der Waals surface area contributed by atoms with Crippen LogP contribution in [0.1, 0.15) is 25.0 Å². The highest BCUT2D eigenvalue weighted by Crippen LogP contribution is 2.18. The summed E-state index contributed by atoms with van der Waals surface area (Å²) in [6.45, 7) is 4.72. The highest BCUT2D eigenvalue weighted by molar-refractivity contribution is 7.89. The Balaban J connectivity index is 2.05. The molecule has 7 heteroatoms. The number of carbonyl (C=O) groups is 1. The van der Waals surface area contributed by atoms with Gasteiger partial charge in [-0.15, -0.1) is 0 Å². The molecule has 0 saturated carbocycles. The third kappa shape index (κ3) is 5.41. The van der Waals surface area contributed by atoms with Crippen molar-refractivity contribution in [1.29, 1.82) is 0 Å². The summed E-state index contributed by atoms with van der Waals surface area (Å²) in [5, 5.41) is 2.84. The van der Waals surface area contributed by atoms with Crippen molar-refractivity contribution in [3.8, 4) is 0 Å². The van der Waals surface area contributed by atoms with Crippen molar-refractivity contribution in [1.82, 2.24) is 4.31 Å². The van der Waals surface area contributed by atoms with E-state index in [-0.39, 0.29) is 16.8 Å². The van der Waals surface area contributed by atoms with Crippen LogP contribution in [0.4, 0.5) is 5.69 Å². The van der Waals surface area contributed by atoms with E-state index < -0.39 is 10.0 Å². The van der Waals surface area contributed by atoms with Crippen LogP contribution in [0.3, 0.4) is 0 Å². The minimum atomic E-state index is -3.54. The Morgan fingerprint density at radius 2 is 1.71 bits per heavy atom. The molecular weight excluding hydrogens is 374 g/mol. The maximum absolute atomic E-state index is 12.6. The number of benzene rings is 2. The van der Waals surface area contributed by atoms with Gasteiger partial charge in [0.15, 0.2) is 6.04 Å². The zero-order valence-electron chi connectivity index (χ0n) is 17.2. The first-order valence-electron chi connectivity index (χ1n) is 9.38. The molecule has 2 N–H and O–H groups in total. The average Bonchev–Trinajstić information content (AvgIpc) is 2.67. The molecule has 2 aromatic carbocycles. The number of hydrogen-bond acceptors (Lipinski definition) is 3. The van der Waals surface area contributed by atoms with Gasteiger partial charge in [-0.25, -0.2) is 12.7 Å². The molecule has 2 rings (SSSR count). The third-order valence-corrected chi connectivity index (χ3v) is 6.74. The first-order valence-corrected chi connectivity index (χ1v) is 10.8. The fraction of sp³-hybridized carbons (Fsp3) is 0.381. The number of nitrogens with one attached hydrogen (secondary N) is 2. The van der Waals surface area contributed by atoms with Gasteiger partial charge in [0.1, 0.15) is 6.54 Å². The molecule has 0 bridgehead atoms. The van der Waals surface area contributed by atoms with Gasteiger partial charge in [0.25, 0.3) is 5.91 Å². The number of hydrogen-bond donors (Lipinski definition) is 2. The molecule has 0 aliphatic heterocycles. The number of carbonyl (C=O) groups excluding carboxylic acids is 1. The minimum Gasteiger partial charge on any atom is -0.324 e. The number of rotatable bonds is 8. The summed E-state index contributed by atoms with van der Waals surface area (Å²) in [6, 6.07) is 14.5. The van der Waals surface area contributed by atoms with Crippen LogP contribution in [-0.2, 0) is 27.8 Å². The van der Waals surface area contributed by atoms with Crippen LogP contribution >= 0.6 is 0 Å². The molecule has 1 amide bonds. The van der Waals surface area contributed by atoms with E-state index >= 15 is 0 Å². The van der Waals surface area contributed by atoms with E-state index in [0.717, 1.165) is 22.2 Å². The standard InChI is InChI=1S/C21H29N3O3S/c1-6-17-10-12-18(13-11-17)15-24(5)16(2)21(25)22-19-8-7-9-20(14-19)28(26,27)23(3)4/h7-14,16H,6,15H2,1-5H3,(H,22,25)/p+1/t16-/m0/s1. The maximum Gasteiger partial charge on any atom is 0.282 e. The van der Waals surface area contributed by atoms with Gasteiger partial charge in [0.2, 0.25) is 10.0 Å². The van der Waals surface area contributed by atoms with Crippen molar-refractivity contribution in [2.45, 2.75) is 37.8 Å². The Morgan fingerprint density at radius 3 is 2.29 bits per heavy atom. The summed E-state index contributed by atoms with van der Waals surface area (Å²) in [5.41, 5.74) is 2.94. The van der Waals surface area contributed by atoms with Gasteiger partial charge in [0.05, 0.1) is 11.9 Å². The Kier molecular flexibility index (Phi) is 7.35. The number of anilines is 1. The van der Waals surface area contributed by atoms with Crippen LogP contribution in [0.25, 0.3) is 0 Å². The van der Waals surface area contributed by atoms with Gasteiger partial charge in [-0.05, 0) is 37.1 Å². The van der Waals surface area contributed by atoms with Crippen molar-refractivity contribution in [3.63, 3.8) is 0 Å². The van der Waals surface area contributed by atoms with E-state index in [1.54, 1.807) is 12.1 Å². The van der Waals surface area contributed by atoms with Crippen molar-refractivity contribution in [3.05, 3.63) is 59.7 Å². The van der Waals surface area contributed by atoms with Crippen molar-refractivity contribution < 1.29 is 18.1 Å². The van der Waals surface area contributed by atoms with E-state index in [9.17, 15) is 13.2 Å². The molecule has 0 aromatic heterocycles. The number of likely N-dealkylation sites (N-methyl/N-ethyl adjacent to an activating group) is 1. The third-order valence-electron chi connectivity index (χ3n) is 4.93. The first kappa shape index (κ1) is 22.1. The fourth-order valence-electron chi connectivity index (χ4n) is 2.79. The number of nitrogens with zero attached hydrogens (tertiary/aromatic N) is 1. The lowest BCUT2D eigenvalue weighted by molar-refractivity contribution is -0.907. The van der Waals surface area contributed by atoms with Crippen LogP contribution in [0, 0.1) is 0 Å². The van der Waals surface area contributed by atoms with Gasteiger partial charge in [-0.1, -0.05) is 37.3 Å². The zero-order valence-corrected chi connectivity index (χ0v) is 18.0. The van der Waals surface area contributed by atoms with Crippen LogP contribution in [-0.4, -0.2) is 45.8 Å². The van der Waals surface area contributed by atoms with Crippen LogP contribution in [0.2, 0.25) is 0 Å². The molecule has 2 atom stereocenters. The van der Waals surface area contributed by atoms with Gasteiger partial charge >= 0.3 is 0 Å². The second kappa shape index (κ2) is 9.32. The summed E-state index contributed by atoms with van der Waals surface area (Å²) < 4.78 is 25.7. The lowest BCUT2D eigenvalue weighted by Gasteiger charge is -2.21. The average molecular weight is 405 g/mol. The molecule has 0 aliphatic rings. The van der Waals surface area contributed by atoms with E-state index in [0.29, 0.717) is 5.69 Å². The van der Waals surface area contributed by atoms with Gasteiger partial charge < -0.3 is 10.2 Å². The summed E-state index contributed by atoms with van der Waals surface area (Å²) in [5.74, 6) is -0.151. The van der Waals surface area contributed by atoms with E-state index in [2.05, 4.69) is 36.5 Å². The van der Waals surface area contributed by atoms with Crippen molar-refractivity contribution in [2.24, 2.45) is 0 Å². The molecule has 0 aliphatic carbocycles. The van der Waals surface area contributed by atoms with Gasteiger partial charge in [-0.3, -0.25) is 4.79 Å². The normalized spacial score (nSPS) is 13.9. The van der Waals surface area contributed by atoms with Gasteiger partial charge in [-0.2, -0.15) is 0 Å². The van der Waals surface area contributed by atoms with Crippen molar-refractivity contribution in [2.75, 3.05) is 26.5 Å². The van der Waals surface area contributed by atoms with E-state index in [1.807, 2.05) is 14.0 Å². The predicted octanol–water partition coefficient (Wildman–Crippen LogP) is 1.54. The molecule has 0 spiro atoms. The monoisotopic (exact) mass is 404 g/mol. The maximum atomic E-state index is 12.6. The van der Waals surface area contributed by atoms with Gasteiger partial charge in [0, 0.05) is 25.3 Å². The summed E-state index contributed by atoms with van der Waals surface area (Å²) in [4.78, 5) is 13.9. The van der Waals surface area contributed by atoms with Crippen molar-refractivity contribution >= 4 is 21.6 Å². The Labute approximate surface area is 168 Å². The molecule has 2 aromatic rings. The largest absolute Gasteiger partial charge is 0.324 e. The molecular formula is C21H30N3O3S+.